The minimum absolute atomic E-state index is 0.0580. The van der Waals surface area contributed by atoms with Gasteiger partial charge in [0.15, 0.2) is 18.9 Å². The van der Waals surface area contributed by atoms with Crippen LogP contribution in [0.3, 0.4) is 0 Å². The third kappa shape index (κ3) is 13.6. The van der Waals surface area contributed by atoms with E-state index < -0.39 is 134 Å². The molecule has 3 aliphatic heterocycles. The number of ether oxygens (including phenoxy) is 9. The molecule has 72 heavy (non-hydrogen) atoms. The second-order valence-electron chi connectivity index (χ2n) is 18.6. The van der Waals surface area contributed by atoms with Crippen LogP contribution in [0.1, 0.15) is 70.1 Å². The number of carbonyl (C=O) groups excluding carboxylic acids is 3. The first-order valence-electron chi connectivity index (χ1n) is 24.6. The highest BCUT2D eigenvalue weighted by Crippen LogP contribution is 2.38. The molecule has 4 fully saturated rings. The summed E-state index contributed by atoms with van der Waals surface area (Å²) in [6.07, 6.45) is -22.4. The zero-order valence-corrected chi connectivity index (χ0v) is 40.7. The van der Waals surface area contributed by atoms with Crippen molar-refractivity contribution >= 4 is 18.3 Å². The highest BCUT2D eigenvalue weighted by Gasteiger charge is 2.55. The number of amides is 3. The van der Waals surface area contributed by atoms with E-state index in [0.717, 1.165) is 5.56 Å². The molecule has 3 amide bonds. The summed E-state index contributed by atoms with van der Waals surface area (Å²) in [6.45, 7) is 6.72. The van der Waals surface area contributed by atoms with Gasteiger partial charge in [0, 0.05) is 0 Å². The van der Waals surface area contributed by atoms with Crippen molar-refractivity contribution in [3.8, 4) is 0 Å². The van der Waals surface area contributed by atoms with Crippen LogP contribution in [0.2, 0.25) is 0 Å². The van der Waals surface area contributed by atoms with Crippen LogP contribution in [0.4, 0.5) is 14.4 Å². The first-order valence-corrected chi connectivity index (χ1v) is 24.6. The van der Waals surface area contributed by atoms with E-state index in [0.29, 0.717) is 11.1 Å². The normalized spacial score (nSPS) is 35.7. The second kappa shape index (κ2) is 25.8. The number of nitrogens with one attached hydrogen (secondary N) is 3. The van der Waals surface area contributed by atoms with Gasteiger partial charge in [-0.2, -0.15) is 0 Å². The van der Waals surface area contributed by atoms with Gasteiger partial charge in [0.2, 0.25) is 0 Å². The van der Waals surface area contributed by atoms with Crippen LogP contribution in [0.5, 0.6) is 0 Å². The Balaban J connectivity index is 1.11. The molecule has 3 aromatic carbocycles. The molecule has 0 radical (unpaired) electrons. The van der Waals surface area contributed by atoms with E-state index in [4.69, 9.17) is 42.6 Å². The molecule has 21 heteroatoms. The van der Waals surface area contributed by atoms with E-state index in [9.17, 15) is 45.0 Å². The fourth-order valence-corrected chi connectivity index (χ4v) is 9.51. The van der Waals surface area contributed by atoms with E-state index in [1.807, 2.05) is 18.2 Å². The standard InChI is InChI=1S/C51H69N3O18/c1-5-32-38(56)40(58)35(53-50(62)65-25-29-19-13-9-14-20-29)46(67-32)70-43-27(4)23-31(52-49(61)64-24-28-17-11-8-12-18-28)37(55)45(43)72-48-42(60)44(34(7-3)69-48)71-47-36(41(59)39(57)33(6-2)68-47)54-51(63)66-26-30-21-15-10-16-22-30/h8-22,27,31-48,55-60H,5-7,23-26H2,1-4H3,(H,52,61)(H,53,62)(H,54,63)/t27-,31+,32+,33+,34+,35+,36+,37-,38+,39+,40+,41+,42+,43+,44+,45+,46+,47+,48-/m0/s1. The minimum atomic E-state index is -1.64. The van der Waals surface area contributed by atoms with Crippen LogP contribution >= 0.6 is 0 Å². The lowest BCUT2D eigenvalue weighted by molar-refractivity contribution is -0.315. The Labute approximate surface area is 417 Å². The fraction of sp³-hybridized carbons (Fsp3) is 0.588. The van der Waals surface area contributed by atoms with E-state index >= 15 is 0 Å². The van der Waals surface area contributed by atoms with Gasteiger partial charge in [0.05, 0.1) is 30.5 Å². The smallest absolute Gasteiger partial charge is 0.407 e. The maximum Gasteiger partial charge on any atom is 0.407 e. The van der Waals surface area contributed by atoms with Crippen molar-refractivity contribution in [1.29, 1.82) is 0 Å². The Morgan fingerprint density at radius 3 is 1.26 bits per heavy atom. The number of rotatable bonds is 18. The molecule has 4 aliphatic rings. The largest absolute Gasteiger partial charge is 0.445 e. The molecule has 0 aromatic heterocycles. The predicted molar refractivity (Wildman–Crippen MR) is 252 cm³/mol. The Morgan fingerprint density at radius 1 is 0.472 bits per heavy atom. The maximum atomic E-state index is 13.3. The SMILES string of the molecule is CC[C@H]1O[C@H](O[C@H]2[C@H](O[C@@H]3O[C@H](CC)[C@@H](O[C@H]4O[C@H](CC)[C@@H](O)[C@H](O)[C@H]4NC(=O)OCc4ccccc4)[C@H]3O)[C@@H](O)[C@H](NC(=O)OCc3ccccc3)C[C@@H]2C)[C@H](NC(=O)OCc2ccccc2)[C@@H](O)[C@@H]1O. The monoisotopic (exact) mass is 1010 g/mol. The van der Waals surface area contributed by atoms with Crippen LogP contribution in [-0.2, 0) is 62.5 Å². The van der Waals surface area contributed by atoms with E-state index in [-0.39, 0.29) is 45.5 Å². The summed E-state index contributed by atoms with van der Waals surface area (Å²) in [7, 11) is 0. The van der Waals surface area contributed by atoms with Gasteiger partial charge in [-0.3, -0.25) is 0 Å². The molecule has 3 aromatic rings. The average molecular weight is 1010 g/mol. The number of benzene rings is 3. The number of alkyl carbamates (subject to hydrolysis) is 3. The molecule has 9 N–H and O–H groups in total. The predicted octanol–water partition coefficient (Wildman–Crippen LogP) is 2.64. The van der Waals surface area contributed by atoms with Crippen molar-refractivity contribution in [2.45, 2.75) is 183 Å². The summed E-state index contributed by atoms with van der Waals surface area (Å²) >= 11 is 0. The van der Waals surface area contributed by atoms with E-state index in [2.05, 4.69) is 16.0 Å². The van der Waals surface area contributed by atoms with Gasteiger partial charge in [-0.05, 0) is 48.3 Å². The molecular formula is C51H69N3O18. The molecule has 0 bridgehead atoms. The summed E-state index contributed by atoms with van der Waals surface area (Å²) in [6, 6.07) is 23.0. The summed E-state index contributed by atoms with van der Waals surface area (Å²) in [5.74, 6) is -0.605. The van der Waals surface area contributed by atoms with Crippen molar-refractivity contribution in [2.75, 3.05) is 0 Å². The molecule has 21 nitrogen and oxygen atoms in total. The van der Waals surface area contributed by atoms with Gasteiger partial charge in [0.1, 0.15) is 80.7 Å². The third-order valence-corrected chi connectivity index (χ3v) is 13.5. The van der Waals surface area contributed by atoms with Gasteiger partial charge >= 0.3 is 18.3 Å². The van der Waals surface area contributed by atoms with Crippen LogP contribution in [0.25, 0.3) is 0 Å². The highest BCUT2D eigenvalue weighted by atomic mass is 16.8. The topological polar surface area (TPSA) is 292 Å². The molecule has 0 spiro atoms. The molecule has 7 rings (SSSR count). The lowest BCUT2D eigenvalue weighted by Gasteiger charge is -2.48. The van der Waals surface area contributed by atoms with Crippen LogP contribution in [0, 0.1) is 5.92 Å². The molecule has 1 saturated carbocycles. The van der Waals surface area contributed by atoms with E-state index in [1.165, 1.54) is 0 Å². The van der Waals surface area contributed by atoms with Gasteiger partial charge in [-0.1, -0.05) is 119 Å². The summed E-state index contributed by atoms with van der Waals surface area (Å²) in [4.78, 5) is 39.6. The lowest BCUT2D eigenvalue weighted by atomic mass is 9.80. The molecular weight excluding hydrogens is 943 g/mol. The Kier molecular flexibility index (Phi) is 19.6. The first kappa shape index (κ1) is 54.8. The van der Waals surface area contributed by atoms with Crippen LogP contribution < -0.4 is 16.0 Å². The van der Waals surface area contributed by atoms with Crippen molar-refractivity contribution in [2.24, 2.45) is 5.92 Å². The quantitative estimate of drug-likeness (QED) is 0.0828. The third-order valence-electron chi connectivity index (χ3n) is 13.5. The molecule has 19 atom stereocenters. The van der Waals surface area contributed by atoms with Gasteiger partial charge in [0.25, 0.3) is 0 Å². The number of aliphatic hydroxyl groups excluding tert-OH is 6. The van der Waals surface area contributed by atoms with Crippen molar-refractivity contribution in [1.82, 2.24) is 16.0 Å². The lowest BCUT2D eigenvalue weighted by Crippen LogP contribution is -2.67. The van der Waals surface area contributed by atoms with Crippen molar-refractivity contribution in [3.63, 3.8) is 0 Å². The van der Waals surface area contributed by atoms with Crippen LogP contribution in [0.15, 0.2) is 91.0 Å². The fourth-order valence-electron chi connectivity index (χ4n) is 9.51. The summed E-state index contributed by atoms with van der Waals surface area (Å²) in [5, 5.41) is 77.0. The van der Waals surface area contributed by atoms with Gasteiger partial charge < -0.3 is 89.2 Å². The summed E-state index contributed by atoms with van der Waals surface area (Å²) < 4.78 is 54.5. The molecule has 396 valence electrons. The molecule has 3 heterocycles. The Morgan fingerprint density at radius 2 is 0.847 bits per heavy atom. The average Bonchev–Trinajstić information content (AvgIpc) is 3.69. The Bertz CT molecular complexity index is 2150. The molecule has 3 saturated heterocycles. The Hall–Kier alpha value is -5.01. The maximum absolute atomic E-state index is 13.3. The minimum Gasteiger partial charge on any atom is -0.445 e. The first-order chi connectivity index (χ1) is 34.7. The highest BCUT2D eigenvalue weighted by molar-refractivity contribution is 5.68. The van der Waals surface area contributed by atoms with Crippen LogP contribution in [-0.4, -0.2) is 159 Å². The molecule has 1 aliphatic carbocycles. The van der Waals surface area contributed by atoms with Crippen molar-refractivity contribution in [3.05, 3.63) is 108 Å². The zero-order chi connectivity index (χ0) is 51.5. The molecule has 0 unspecified atom stereocenters. The number of carbonyl (C=O) groups is 3. The van der Waals surface area contributed by atoms with E-state index in [1.54, 1.807) is 100 Å². The second-order valence-corrected chi connectivity index (χ2v) is 18.6. The zero-order valence-electron chi connectivity index (χ0n) is 40.7. The number of hydrogen-bond acceptors (Lipinski definition) is 18. The van der Waals surface area contributed by atoms with Gasteiger partial charge in [-0.25, -0.2) is 14.4 Å². The number of aliphatic hydroxyl groups is 6. The summed E-state index contributed by atoms with van der Waals surface area (Å²) in [5.41, 5.74) is 2.13. The number of hydrogen-bond donors (Lipinski definition) is 9. The van der Waals surface area contributed by atoms with Crippen molar-refractivity contribution < 1.29 is 87.7 Å². The van der Waals surface area contributed by atoms with Gasteiger partial charge in [-0.15, -0.1) is 0 Å².